The summed E-state index contributed by atoms with van der Waals surface area (Å²) in [4.78, 5) is 14.3. The number of hydrogen-bond acceptors (Lipinski definition) is 3. The smallest absolute Gasteiger partial charge is 0.323 e. The van der Waals surface area contributed by atoms with Crippen molar-refractivity contribution in [3.63, 3.8) is 0 Å². The summed E-state index contributed by atoms with van der Waals surface area (Å²) in [5.74, 6) is 1.18. The standard InChI is InChI=1S/C17H30N2O2/c1-2-18-17(16(20)21)9-7-15(11-17)19-10-8-13-5-3-4-6-14(13)12-19/h13-15,18H,2-12H2,1H3,(H,20,21). The summed E-state index contributed by atoms with van der Waals surface area (Å²) in [7, 11) is 0. The lowest BCUT2D eigenvalue weighted by atomic mass is 9.75. The Morgan fingerprint density at radius 3 is 2.71 bits per heavy atom. The van der Waals surface area contributed by atoms with E-state index in [1.807, 2.05) is 6.92 Å². The Labute approximate surface area is 128 Å². The van der Waals surface area contributed by atoms with Gasteiger partial charge in [-0.1, -0.05) is 26.2 Å². The van der Waals surface area contributed by atoms with Gasteiger partial charge in [-0.2, -0.15) is 0 Å². The van der Waals surface area contributed by atoms with Crippen molar-refractivity contribution in [2.45, 2.75) is 69.9 Å². The molecule has 1 aliphatic heterocycles. The normalized spacial score (nSPS) is 40.9. The summed E-state index contributed by atoms with van der Waals surface area (Å²) < 4.78 is 0. The third kappa shape index (κ3) is 2.98. The van der Waals surface area contributed by atoms with Crippen LogP contribution >= 0.6 is 0 Å². The van der Waals surface area contributed by atoms with Gasteiger partial charge in [-0.05, 0) is 57.0 Å². The molecule has 0 aromatic rings. The van der Waals surface area contributed by atoms with Gasteiger partial charge in [0.1, 0.15) is 5.54 Å². The molecule has 0 radical (unpaired) electrons. The highest BCUT2D eigenvalue weighted by Gasteiger charge is 2.47. The number of carboxylic acid groups (broad SMARTS) is 1. The maximum atomic E-state index is 11.7. The lowest BCUT2D eigenvalue weighted by Crippen LogP contribution is -2.52. The molecular weight excluding hydrogens is 264 g/mol. The molecule has 2 aliphatic carbocycles. The van der Waals surface area contributed by atoms with E-state index in [0.29, 0.717) is 6.04 Å². The van der Waals surface area contributed by atoms with E-state index in [1.54, 1.807) is 0 Å². The summed E-state index contributed by atoms with van der Waals surface area (Å²) >= 11 is 0. The highest BCUT2D eigenvalue weighted by Crippen LogP contribution is 2.40. The van der Waals surface area contributed by atoms with Crippen molar-refractivity contribution in [3.8, 4) is 0 Å². The largest absolute Gasteiger partial charge is 0.480 e. The molecule has 2 N–H and O–H groups in total. The number of nitrogens with one attached hydrogen (secondary N) is 1. The van der Waals surface area contributed by atoms with Crippen molar-refractivity contribution in [3.05, 3.63) is 0 Å². The first-order valence-electron chi connectivity index (χ1n) is 8.87. The second kappa shape index (κ2) is 6.25. The Bertz CT molecular complexity index is 387. The van der Waals surface area contributed by atoms with Gasteiger partial charge in [0.2, 0.25) is 0 Å². The summed E-state index contributed by atoms with van der Waals surface area (Å²) in [6, 6.07) is 0.475. The molecule has 3 aliphatic rings. The van der Waals surface area contributed by atoms with Crippen molar-refractivity contribution in [1.29, 1.82) is 0 Å². The van der Waals surface area contributed by atoms with Crippen LogP contribution in [0.15, 0.2) is 0 Å². The second-order valence-electron chi connectivity index (χ2n) is 7.40. The minimum Gasteiger partial charge on any atom is -0.480 e. The topological polar surface area (TPSA) is 52.6 Å². The first-order chi connectivity index (χ1) is 10.1. The zero-order valence-corrected chi connectivity index (χ0v) is 13.3. The van der Waals surface area contributed by atoms with E-state index in [2.05, 4.69) is 10.2 Å². The van der Waals surface area contributed by atoms with Gasteiger partial charge in [0.05, 0.1) is 0 Å². The number of carboxylic acids is 1. The highest BCUT2D eigenvalue weighted by atomic mass is 16.4. The number of rotatable bonds is 4. The van der Waals surface area contributed by atoms with Crippen LogP contribution in [0.2, 0.25) is 0 Å². The van der Waals surface area contributed by atoms with Crippen molar-refractivity contribution < 1.29 is 9.90 Å². The third-order valence-corrected chi connectivity index (χ3v) is 6.25. The molecule has 0 amide bonds. The molecule has 1 heterocycles. The predicted octanol–water partition coefficient (Wildman–Crippen LogP) is 2.48. The van der Waals surface area contributed by atoms with Gasteiger partial charge in [0.25, 0.3) is 0 Å². The first kappa shape index (κ1) is 15.3. The maximum absolute atomic E-state index is 11.7. The van der Waals surface area contributed by atoms with E-state index in [9.17, 15) is 9.90 Å². The quantitative estimate of drug-likeness (QED) is 0.836. The van der Waals surface area contributed by atoms with Crippen molar-refractivity contribution in [2.75, 3.05) is 19.6 Å². The lowest BCUT2D eigenvalue weighted by Gasteiger charge is -2.44. The number of aliphatic carboxylic acids is 1. The van der Waals surface area contributed by atoms with Gasteiger partial charge in [-0.25, -0.2) is 0 Å². The molecule has 4 heteroatoms. The van der Waals surface area contributed by atoms with Crippen LogP contribution in [0.3, 0.4) is 0 Å². The van der Waals surface area contributed by atoms with Crippen LogP contribution in [-0.2, 0) is 4.79 Å². The molecule has 21 heavy (non-hydrogen) atoms. The molecule has 4 nitrogen and oxygen atoms in total. The minimum absolute atomic E-state index is 0.475. The Morgan fingerprint density at radius 1 is 1.24 bits per heavy atom. The molecule has 1 saturated heterocycles. The Hall–Kier alpha value is -0.610. The Morgan fingerprint density at radius 2 is 2.00 bits per heavy atom. The van der Waals surface area contributed by atoms with Crippen LogP contribution in [0.1, 0.15) is 58.3 Å². The van der Waals surface area contributed by atoms with E-state index in [0.717, 1.165) is 37.6 Å². The van der Waals surface area contributed by atoms with Crippen LogP contribution in [0.4, 0.5) is 0 Å². The highest BCUT2D eigenvalue weighted by molar-refractivity contribution is 5.79. The summed E-state index contributed by atoms with van der Waals surface area (Å²) in [6.07, 6.45) is 9.59. The average molecular weight is 294 g/mol. The number of piperidine rings is 1. The van der Waals surface area contributed by atoms with Gasteiger partial charge < -0.3 is 15.3 Å². The third-order valence-electron chi connectivity index (χ3n) is 6.25. The van der Waals surface area contributed by atoms with Gasteiger partial charge >= 0.3 is 5.97 Å². The van der Waals surface area contributed by atoms with Gasteiger partial charge in [-0.3, -0.25) is 4.79 Å². The number of carbonyl (C=O) groups is 1. The van der Waals surface area contributed by atoms with E-state index >= 15 is 0 Å². The zero-order chi connectivity index (χ0) is 14.9. The molecule has 4 unspecified atom stereocenters. The summed E-state index contributed by atoms with van der Waals surface area (Å²) in [6.45, 7) is 5.15. The monoisotopic (exact) mass is 294 g/mol. The van der Waals surface area contributed by atoms with E-state index in [-0.39, 0.29) is 0 Å². The fourth-order valence-electron chi connectivity index (χ4n) is 5.06. The number of likely N-dealkylation sites (tertiary alicyclic amines) is 1. The van der Waals surface area contributed by atoms with Gasteiger partial charge in [-0.15, -0.1) is 0 Å². The van der Waals surface area contributed by atoms with E-state index in [4.69, 9.17) is 0 Å². The minimum atomic E-state index is -0.664. The summed E-state index contributed by atoms with van der Waals surface area (Å²) in [5, 5.41) is 12.9. The molecule has 3 fully saturated rings. The van der Waals surface area contributed by atoms with Crippen molar-refractivity contribution in [2.24, 2.45) is 11.8 Å². The lowest BCUT2D eigenvalue weighted by molar-refractivity contribution is -0.144. The van der Waals surface area contributed by atoms with Crippen LogP contribution in [-0.4, -0.2) is 47.2 Å². The SMILES string of the molecule is CCNC1(C(=O)O)CCC(N2CCC3CCCCC3C2)C1. The molecule has 120 valence electrons. The average Bonchev–Trinajstić information content (AvgIpc) is 2.93. The molecule has 0 aromatic carbocycles. The second-order valence-corrected chi connectivity index (χ2v) is 7.40. The Balaban J connectivity index is 1.62. The van der Waals surface area contributed by atoms with Gasteiger partial charge in [0, 0.05) is 12.6 Å². The van der Waals surface area contributed by atoms with Crippen LogP contribution < -0.4 is 5.32 Å². The van der Waals surface area contributed by atoms with Crippen LogP contribution in [0.5, 0.6) is 0 Å². The van der Waals surface area contributed by atoms with E-state index in [1.165, 1.54) is 45.2 Å². The zero-order valence-electron chi connectivity index (χ0n) is 13.3. The number of nitrogens with zero attached hydrogens (tertiary/aromatic N) is 1. The molecule has 0 aromatic heterocycles. The molecule has 0 spiro atoms. The first-order valence-corrected chi connectivity index (χ1v) is 8.87. The fraction of sp³-hybridized carbons (Fsp3) is 0.941. The Kier molecular flexibility index (Phi) is 4.55. The molecule has 0 bridgehead atoms. The van der Waals surface area contributed by atoms with Crippen LogP contribution in [0.25, 0.3) is 0 Å². The van der Waals surface area contributed by atoms with E-state index < -0.39 is 11.5 Å². The number of hydrogen-bond donors (Lipinski definition) is 2. The van der Waals surface area contributed by atoms with Crippen LogP contribution in [0, 0.1) is 11.8 Å². The van der Waals surface area contributed by atoms with Gasteiger partial charge in [0.15, 0.2) is 0 Å². The number of fused-ring (bicyclic) bond motifs is 1. The number of likely N-dealkylation sites (N-methyl/N-ethyl adjacent to an activating group) is 1. The molecular formula is C17H30N2O2. The van der Waals surface area contributed by atoms with Crippen molar-refractivity contribution >= 4 is 5.97 Å². The fourth-order valence-corrected chi connectivity index (χ4v) is 5.06. The predicted molar refractivity (Wildman–Crippen MR) is 83.3 cm³/mol. The molecule has 3 rings (SSSR count). The summed E-state index contributed by atoms with van der Waals surface area (Å²) in [5.41, 5.74) is -0.664. The molecule has 2 saturated carbocycles. The molecule has 4 atom stereocenters. The van der Waals surface area contributed by atoms with Crippen molar-refractivity contribution in [1.82, 2.24) is 10.2 Å². The maximum Gasteiger partial charge on any atom is 0.323 e.